The summed E-state index contributed by atoms with van der Waals surface area (Å²) in [6, 6.07) is 9.98. The quantitative estimate of drug-likeness (QED) is 0.126. The summed E-state index contributed by atoms with van der Waals surface area (Å²) in [5.74, 6) is -2.77. The average molecular weight is 495 g/mol. The number of aliphatic hydroxyl groups is 1. The summed E-state index contributed by atoms with van der Waals surface area (Å²) in [6.07, 6.45) is 4.51. The Morgan fingerprint density at radius 1 is 1.11 bits per heavy atom. The van der Waals surface area contributed by atoms with Crippen molar-refractivity contribution in [1.29, 1.82) is 5.26 Å². The number of ketones is 1. The Labute approximate surface area is 207 Å². The van der Waals surface area contributed by atoms with Gasteiger partial charge in [-0.05, 0) is 45.1 Å². The minimum atomic E-state index is -1.02. The van der Waals surface area contributed by atoms with Gasteiger partial charge in [0.05, 0.1) is 24.5 Å². The molecule has 9 heteroatoms. The van der Waals surface area contributed by atoms with Gasteiger partial charge in [-0.15, -0.1) is 11.3 Å². The monoisotopic (exact) mass is 494 g/mol. The first kappa shape index (κ1) is 25.7. The number of hydrogen-bond donors (Lipinski definition) is 2. The van der Waals surface area contributed by atoms with E-state index in [1.807, 2.05) is 0 Å². The number of nitriles is 1. The third-order valence-electron chi connectivity index (χ3n) is 5.32. The van der Waals surface area contributed by atoms with E-state index in [4.69, 9.17) is 9.47 Å². The Kier molecular flexibility index (Phi) is 8.81. The molecule has 0 saturated heterocycles. The SMILES string of the molecule is CCOC(=O)/C(C#N)=C(O)/C(=C/C(=O)c1ccccc1)Nc1sc2c(c1C(=O)OCC)CCCC2. The van der Waals surface area contributed by atoms with E-state index in [1.54, 1.807) is 50.2 Å². The van der Waals surface area contributed by atoms with Gasteiger partial charge in [0.1, 0.15) is 11.1 Å². The number of esters is 2. The maximum Gasteiger partial charge on any atom is 0.352 e. The van der Waals surface area contributed by atoms with Crippen LogP contribution in [0.5, 0.6) is 0 Å². The van der Waals surface area contributed by atoms with Crippen molar-refractivity contribution in [3.8, 4) is 6.07 Å². The maximum absolute atomic E-state index is 12.9. The van der Waals surface area contributed by atoms with Gasteiger partial charge in [-0.3, -0.25) is 4.79 Å². The molecule has 2 N–H and O–H groups in total. The van der Waals surface area contributed by atoms with Gasteiger partial charge in [-0.1, -0.05) is 30.3 Å². The Bertz CT molecular complexity index is 1220. The second-order valence-corrected chi connectivity index (χ2v) is 8.71. The zero-order valence-electron chi connectivity index (χ0n) is 19.6. The molecule has 0 atom stereocenters. The highest BCUT2D eigenvalue weighted by atomic mass is 32.1. The fraction of sp³-hybridized carbons (Fsp3) is 0.308. The van der Waals surface area contributed by atoms with Crippen LogP contribution >= 0.6 is 11.3 Å². The lowest BCUT2D eigenvalue weighted by Gasteiger charge is -2.14. The van der Waals surface area contributed by atoms with Crippen molar-refractivity contribution in [2.75, 3.05) is 18.5 Å². The van der Waals surface area contributed by atoms with Crippen LogP contribution in [0.1, 0.15) is 57.8 Å². The zero-order chi connectivity index (χ0) is 25.4. The molecular weight excluding hydrogens is 468 g/mol. The van der Waals surface area contributed by atoms with Crippen LogP contribution in [0.3, 0.4) is 0 Å². The topological polar surface area (TPSA) is 126 Å². The minimum absolute atomic E-state index is 0.00261. The Morgan fingerprint density at radius 3 is 2.46 bits per heavy atom. The molecule has 1 heterocycles. The van der Waals surface area contributed by atoms with Crippen LogP contribution in [0.25, 0.3) is 0 Å². The molecule has 0 bridgehead atoms. The van der Waals surface area contributed by atoms with Gasteiger partial charge in [0.25, 0.3) is 0 Å². The Balaban J connectivity index is 2.14. The standard InChI is InChI=1S/C26H26N2O6S/c1-3-33-25(31)18(15-27)23(30)19(14-20(29)16-10-6-5-7-11-16)28-24-22(26(32)34-4-2)17-12-8-9-13-21(17)35-24/h5-7,10-11,14,28,30H,3-4,8-9,12-13H2,1-2H3/b19-14-,23-18-. The zero-order valence-corrected chi connectivity index (χ0v) is 20.4. The normalized spacial score (nSPS) is 13.7. The second kappa shape index (κ2) is 12.0. The number of carbonyl (C=O) groups excluding carboxylic acids is 3. The van der Waals surface area contributed by atoms with Gasteiger partial charge in [-0.2, -0.15) is 5.26 Å². The van der Waals surface area contributed by atoms with Gasteiger partial charge < -0.3 is 19.9 Å². The highest BCUT2D eigenvalue weighted by molar-refractivity contribution is 7.16. The Hall–Kier alpha value is -3.90. The average Bonchev–Trinajstić information content (AvgIpc) is 3.22. The molecule has 3 rings (SSSR count). The van der Waals surface area contributed by atoms with Crippen LogP contribution in [0.4, 0.5) is 5.00 Å². The predicted octanol–water partition coefficient (Wildman–Crippen LogP) is 4.88. The number of allylic oxidation sites excluding steroid dienone is 1. The third-order valence-corrected chi connectivity index (χ3v) is 6.52. The first-order valence-corrected chi connectivity index (χ1v) is 12.1. The highest BCUT2D eigenvalue weighted by Gasteiger charge is 2.28. The van der Waals surface area contributed by atoms with Crippen molar-refractivity contribution in [2.45, 2.75) is 39.5 Å². The minimum Gasteiger partial charge on any atom is -0.504 e. The van der Waals surface area contributed by atoms with Gasteiger partial charge >= 0.3 is 11.9 Å². The molecule has 0 unspecified atom stereocenters. The van der Waals surface area contributed by atoms with Gasteiger partial charge in [-0.25, -0.2) is 9.59 Å². The molecule has 0 radical (unpaired) electrons. The van der Waals surface area contributed by atoms with Crippen LogP contribution in [-0.2, 0) is 27.1 Å². The largest absolute Gasteiger partial charge is 0.504 e. The molecular formula is C26H26N2O6S. The molecule has 1 aliphatic carbocycles. The number of anilines is 1. The lowest BCUT2D eigenvalue weighted by Crippen LogP contribution is -2.15. The number of rotatable bonds is 9. The molecule has 35 heavy (non-hydrogen) atoms. The van der Waals surface area contributed by atoms with E-state index in [1.165, 1.54) is 11.3 Å². The molecule has 8 nitrogen and oxygen atoms in total. The number of thiophene rings is 1. The number of ether oxygens (including phenoxy) is 2. The fourth-order valence-electron chi connectivity index (χ4n) is 3.71. The van der Waals surface area contributed by atoms with Crippen LogP contribution in [0.2, 0.25) is 0 Å². The van der Waals surface area contributed by atoms with E-state index in [-0.39, 0.29) is 18.9 Å². The molecule has 0 fully saturated rings. The summed E-state index contributed by atoms with van der Waals surface area (Å²) in [6.45, 7) is 3.46. The number of aryl methyl sites for hydroxylation is 1. The van der Waals surface area contributed by atoms with Crippen LogP contribution < -0.4 is 5.32 Å². The number of fused-ring (bicyclic) bond motifs is 1. The van der Waals surface area contributed by atoms with Gasteiger partial charge in [0, 0.05) is 16.5 Å². The number of carbonyl (C=O) groups is 3. The molecule has 0 amide bonds. The van der Waals surface area contributed by atoms with E-state index in [0.29, 0.717) is 22.5 Å². The molecule has 0 saturated carbocycles. The molecule has 1 aliphatic rings. The van der Waals surface area contributed by atoms with E-state index in [2.05, 4.69) is 5.32 Å². The number of nitrogens with zero attached hydrogens (tertiary/aromatic N) is 1. The maximum atomic E-state index is 12.9. The smallest absolute Gasteiger partial charge is 0.352 e. The fourth-order valence-corrected chi connectivity index (χ4v) is 5.00. The lowest BCUT2D eigenvalue weighted by molar-refractivity contribution is -0.138. The van der Waals surface area contributed by atoms with Crippen molar-refractivity contribution in [2.24, 2.45) is 0 Å². The van der Waals surface area contributed by atoms with Gasteiger partial charge in [0.2, 0.25) is 0 Å². The highest BCUT2D eigenvalue weighted by Crippen LogP contribution is 2.39. The van der Waals surface area contributed by atoms with Crippen LogP contribution in [0, 0.1) is 11.3 Å². The summed E-state index contributed by atoms with van der Waals surface area (Å²) < 4.78 is 10.1. The summed E-state index contributed by atoms with van der Waals surface area (Å²) in [4.78, 5) is 39.1. The molecule has 2 aromatic rings. The molecule has 182 valence electrons. The van der Waals surface area contributed by atoms with Crippen molar-refractivity contribution < 1.29 is 29.0 Å². The first-order chi connectivity index (χ1) is 16.9. The second-order valence-electron chi connectivity index (χ2n) is 7.60. The van der Waals surface area contributed by atoms with Crippen molar-refractivity contribution in [3.05, 3.63) is 75.0 Å². The number of hydrogen-bond acceptors (Lipinski definition) is 9. The van der Waals surface area contributed by atoms with Crippen LogP contribution in [0.15, 0.2) is 53.4 Å². The molecule has 1 aromatic heterocycles. The van der Waals surface area contributed by atoms with Crippen molar-refractivity contribution in [1.82, 2.24) is 0 Å². The van der Waals surface area contributed by atoms with Crippen LogP contribution in [-0.4, -0.2) is 36.0 Å². The summed E-state index contributed by atoms with van der Waals surface area (Å²) >= 11 is 1.33. The number of benzene rings is 1. The summed E-state index contributed by atoms with van der Waals surface area (Å²) in [5.41, 5.74) is 0.695. The van der Waals surface area contributed by atoms with Gasteiger partial charge in [0.15, 0.2) is 17.1 Å². The van der Waals surface area contributed by atoms with Crippen molar-refractivity contribution >= 4 is 34.1 Å². The van der Waals surface area contributed by atoms with E-state index in [9.17, 15) is 24.8 Å². The number of nitrogens with one attached hydrogen (secondary N) is 1. The first-order valence-electron chi connectivity index (χ1n) is 11.3. The van der Waals surface area contributed by atoms with Crippen molar-refractivity contribution in [3.63, 3.8) is 0 Å². The van der Waals surface area contributed by atoms with E-state index >= 15 is 0 Å². The lowest BCUT2D eigenvalue weighted by atomic mass is 9.95. The predicted molar refractivity (Wildman–Crippen MR) is 131 cm³/mol. The summed E-state index contributed by atoms with van der Waals surface area (Å²) in [7, 11) is 0. The number of aliphatic hydroxyl groups excluding tert-OH is 1. The Morgan fingerprint density at radius 2 is 1.80 bits per heavy atom. The van der Waals surface area contributed by atoms with E-state index < -0.39 is 29.1 Å². The molecule has 0 aliphatic heterocycles. The molecule has 0 spiro atoms. The third kappa shape index (κ3) is 5.97. The summed E-state index contributed by atoms with van der Waals surface area (Å²) in [5, 5.41) is 23.8. The van der Waals surface area contributed by atoms with E-state index in [0.717, 1.165) is 35.8 Å². The molecule has 1 aromatic carbocycles.